The van der Waals surface area contributed by atoms with Crippen LogP contribution in [-0.2, 0) is 14.8 Å². The molecule has 10 heteroatoms. The van der Waals surface area contributed by atoms with Crippen molar-refractivity contribution in [1.29, 1.82) is 0 Å². The summed E-state index contributed by atoms with van der Waals surface area (Å²) in [5, 5.41) is 15.7. The average molecular weight is 378 g/mol. The van der Waals surface area contributed by atoms with Gasteiger partial charge in [0.15, 0.2) is 0 Å². The third kappa shape index (κ3) is 3.77. The van der Waals surface area contributed by atoms with Gasteiger partial charge in [-0.3, -0.25) is 14.9 Å². The van der Waals surface area contributed by atoms with Crippen molar-refractivity contribution in [3.05, 3.63) is 32.8 Å². The van der Waals surface area contributed by atoms with Gasteiger partial charge in [0.25, 0.3) is 5.69 Å². The second-order valence-electron chi connectivity index (χ2n) is 4.80. The highest BCUT2D eigenvalue weighted by atomic mass is 79.9. The fraction of sp³-hybridized carbons (Fsp3) is 0.364. The predicted molar refractivity (Wildman–Crippen MR) is 79.2 cm³/mol. The van der Waals surface area contributed by atoms with Gasteiger partial charge in [-0.15, -0.1) is 0 Å². The van der Waals surface area contributed by atoms with E-state index in [2.05, 4.69) is 15.9 Å². The van der Waals surface area contributed by atoms with Crippen LogP contribution in [0, 0.1) is 16.0 Å². The molecule has 0 saturated carbocycles. The molecule has 1 heterocycles. The Morgan fingerprint density at radius 1 is 1.48 bits per heavy atom. The first kappa shape index (κ1) is 15.9. The summed E-state index contributed by atoms with van der Waals surface area (Å²) in [7, 11) is -3.64. The van der Waals surface area contributed by atoms with Crippen molar-refractivity contribution in [2.75, 3.05) is 17.2 Å². The number of carbonyl (C=O) groups excluding carboxylic acids is 1. The number of amides is 1. The molecule has 2 rings (SSSR count). The summed E-state index contributed by atoms with van der Waals surface area (Å²) in [6, 6.07) is 4.22. The number of hydrogen-bond acceptors (Lipinski definition) is 5. The third-order valence-electron chi connectivity index (χ3n) is 3.11. The molecule has 1 saturated heterocycles. The molecule has 1 atom stereocenters. The molecule has 21 heavy (non-hydrogen) atoms. The molecule has 1 amide bonds. The van der Waals surface area contributed by atoms with Crippen molar-refractivity contribution in [3.63, 3.8) is 0 Å². The molecule has 0 bridgehead atoms. The number of primary sulfonamides is 1. The molecule has 1 unspecified atom stereocenters. The number of nitrogens with zero attached hydrogens (tertiary/aromatic N) is 2. The fourth-order valence-corrected chi connectivity index (χ4v) is 3.67. The van der Waals surface area contributed by atoms with E-state index < -0.39 is 14.9 Å². The number of sulfonamides is 1. The summed E-state index contributed by atoms with van der Waals surface area (Å²) in [5.41, 5.74) is 0.376. The number of nitro groups is 1. The van der Waals surface area contributed by atoms with E-state index in [4.69, 9.17) is 5.14 Å². The Morgan fingerprint density at radius 2 is 2.14 bits per heavy atom. The molecule has 0 aliphatic carbocycles. The van der Waals surface area contributed by atoms with Crippen molar-refractivity contribution in [1.82, 2.24) is 0 Å². The van der Waals surface area contributed by atoms with E-state index >= 15 is 0 Å². The molecule has 1 aromatic rings. The minimum absolute atomic E-state index is 0.0883. The number of halogens is 1. The normalized spacial score (nSPS) is 19.0. The summed E-state index contributed by atoms with van der Waals surface area (Å²) in [6.07, 6.45) is 0.0883. The molecule has 1 aromatic carbocycles. The minimum atomic E-state index is -3.64. The van der Waals surface area contributed by atoms with Gasteiger partial charge < -0.3 is 4.90 Å². The summed E-state index contributed by atoms with van der Waals surface area (Å²) < 4.78 is 22.4. The van der Waals surface area contributed by atoms with Crippen LogP contribution < -0.4 is 10.0 Å². The SMILES string of the molecule is NS(=O)(=O)CC1CC(=O)N(c2ccc([N+](=O)[O-])c(Br)c2)C1. The average Bonchev–Trinajstić information content (AvgIpc) is 2.66. The van der Waals surface area contributed by atoms with Crippen LogP contribution in [0.2, 0.25) is 0 Å². The Balaban J connectivity index is 2.21. The van der Waals surface area contributed by atoms with Crippen molar-refractivity contribution in [3.8, 4) is 0 Å². The first-order chi connectivity index (χ1) is 9.67. The van der Waals surface area contributed by atoms with Gasteiger partial charge in [-0.1, -0.05) is 0 Å². The van der Waals surface area contributed by atoms with E-state index in [1.54, 1.807) is 0 Å². The summed E-state index contributed by atoms with van der Waals surface area (Å²) in [5.74, 6) is -0.866. The molecule has 0 aromatic heterocycles. The maximum absolute atomic E-state index is 11.9. The number of rotatable bonds is 4. The number of benzene rings is 1. The first-order valence-corrected chi connectivity index (χ1v) is 8.43. The first-order valence-electron chi connectivity index (χ1n) is 5.92. The Kier molecular flexibility index (Phi) is 4.30. The number of anilines is 1. The van der Waals surface area contributed by atoms with E-state index in [9.17, 15) is 23.3 Å². The Bertz CT molecular complexity index is 706. The monoisotopic (exact) mass is 377 g/mol. The lowest BCUT2D eigenvalue weighted by Crippen LogP contribution is -2.27. The smallest absolute Gasteiger partial charge is 0.283 e. The van der Waals surface area contributed by atoms with E-state index in [1.165, 1.54) is 23.1 Å². The molecule has 2 N–H and O–H groups in total. The lowest BCUT2D eigenvalue weighted by Gasteiger charge is -2.16. The van der Waals surface area contributed by atoms with E-state index in [0.29, 0.717) is 5.69 Å². The van der Waals surface area contributed by atoms with Crippen molar-refractivity contribution in [2.45, 2.75) is 6.42 Å². The number of carbonyl (C=O) groups is 1. The molecule has 114 valence electrons. The van der Waals surface area contributed by atoms with E-state index in [0.717, 1.165) is 0 Å². The third-order valence-corrected chi connectivity index (χ3v) is 4.68. The molecule has 0 spiro atoms. The van der Waals surface area contributed by atoms with Crippen LogP contribution in [-0.4, -0.2) is 31.5 Å². The molecule has 1 aliphatic heterocycles. The van der Waals surface area contributed by atoms with Crippen LogP contribution >= 0.6 is 15.9 Å². The van der Waals surface area contributed by atoms with Gasteiger partial charge in [0.05, 0.1) is 15.1 Å². The van der Waals surface area contributed by atoms with E-state index in [-0.39, 0.29) is 40.7 Å². The van der Waals surface area contributed by atoms with Crippen molar-refractivity contribution in [2.24, 2.45) is 11.1 Å². The number of hydrogen-bond donors (Lipinski definition) is 1. The second kappa shape index (κ2) is 5.70. The van der Waals surface area contributed by atoms with Gasteiger partial charge in [-0.2, -0.15) is 0 Å². The van der Waals surface area contributed by atoms with Crippen molar-refractivity contribution >= 4 is 43.2 Å². The molecule has 0 radical (unpaired) electrons. The van der Waals surface area contributed by atoms with Crippen molar-refractivity contribution < 1.29 is 18.1 Å². The van der Waals surface area contributed by atoms with Crippen LogP contribution in [0.15, 0.2) is 22.7 Å². The maximum Gasteiger partial charge on any atom is 0.283 e. The van der Waals surface area contributed by atoms with Gasteiger partial charge in [0, 0.05) is 30.6 Å². The fourth-order valence-electron chi connectivity index (χ4n) is 2.28. The largest absolute Gasteiger partial charge is 0.312 e. The zero-order valence-corrected chi connectivity index (χ0v) is 13.1. The maximum atomic E-state index is 11.9. The van der Waals surface area contributed by atoms with Gasteiger partial charge in [0.2, 0.25) is 15.9 Å². The molecular formula is C11H12BrN3O5S. The predicted octanol–water partition coefficient (Wildman–Crippen LogP) is 0.999. The topological polar surface area (TPSA) is 124 Å². The quantitative estimate of drug-likeness (QED) is 0.618. The van der Waals surface area contributed by atoms with Crippen LogP contribution in [0.25, 0.3) is 0 Å². The van der Waals surface area contributed by atoms with Gasteiger partial charge in [-0.05, 0) is 28.1 Å². The lowest BCUT2D eigenvalue weighted by atomic mass is 10.1. The van der Waals surface area contributed by atoms with E-state index in [1.807, 2.05) is 0 Å². The highest BCUT2D eigenvalue weighted by Gasteiger charge is 2.33. The zero-order valence-electron chi connectivity index (χ0n) is 10.7. The second-order valence-corrected chi connectivity index (χ2v) is 7.31. The Morgan fingerprint density at radius 3 is 2.67 bits per heavy atom. The molecule has 1 fully saturated rings. The number of nitrogens with two attached hydrogens (primary N) is 1. The minimum Gasteiger partial charge on any atom is -0.312 e. The van der Waals surface area contributed by atoms with Crippen LogP contribution in [0.3, 0.4) is 0 Å². The molecule has 8 nitrogen and oxygen atoms in total. The van der Waals surface area contributed by atoms with Crippen LogP contribution in [0.5, 0.6) is 0 Å². The highest BCUT2D eigenvalue weighted by molar-refractivity contribution is 9.10. The Hall–Kier alpha value is -1.52. The molecular weight excluding hydrogens is 366 g/mol. The molecule has 1 aliphatic rings. The number of nitro benzene ring substituents is 1. The van der Waals surface area contributed by atoms with Crippen LogP contribution in [0.4, 0.5) is 11.4 Å². The highest BCUT2D eigenvalue weighted by Crippen LogP contribution is 2.32. The van der Waals surface area contributed by atoms with Gasteiger partial charge in [0.1, 0.15) is 0 Å². The Labute approximate surface area is 129 Å². The lowest BCUT2D eigenvalue weighted by molar-refractivity contribution is -0.385. The summed E-state index contributed by atoms with van der Waals surface area (Å²) in [6.45, 7) is 0.222. The van der Waals surface area contributed by atoms with Crippen LogP contribution in [0.1, 0.15) is 6.42 Å². The summed E-state index contributed by atoms with van der Waals surface area (Å²) in [4.78, 5) is 23.6. The summed E-state index contributed by atoms with van der Waals surface area (Å²) >= 11 is 3.08. The standard InChI is InChI=1S/C11H12BrN3O5S/c12-9-4-8(1-2-10(9)15(17)18)14-5-7(3-11(14)16)6-21(13,19)20/h1-2,4,7H,3,5-6H2,(H2,13,19,20). The van der Waals surface area contributed by atoms with Gasteiger partial charge in [-0.25, -0.2) is 13.6 Å². The van der Waals surface area contributed by atoms with Gasteiger partial charge >= 0.3 is 0 Å². The zero-order chi connectivity index (χ0) is 15.8.